The van der Waals surface area contributed by atoms with Crippen LogP contribution in [0.4, 0.5) is 0 Å². The quantitative estimate of drug-likeness (QED) is 0.0886. The van der Waals surface area contributed by atoms with Gasteiger partial charge in [-0.3, -0.25) is 24.0 Å². The number of primary amides is 1. The molecule has 4 atom stereocenters. The van der Waals surface area contributed by atoms with Crippen molar-refractivity contribution in [1.82, 2.24) is 20.9 Å². The number of aromatic amines is 1. The van der Waals surface area contributed by atoms with Crippen molar-refractivity contribution in [3.05, 3.63) is 36.0 Å². The molecule has 4 unspecified atom stereocenters. The minimum atomic E-state index is -1.35. The molecule has 0 radical (unpaired) electrons. The van der Waals surface area contributed by atoms with Crippen LogP contribution in [0, 0.1) is 0 Å². The number of H-pyrrole nitrogens is 1. The van der Waals surface area contributed by atoms with Crippen LogP contribution in [0.5, 0.6) is 0 Å². The van der Waals surface area contributed by atoms with Gasteiger partial charge in [0, 0.05) is 36.4 Å². The van der Waals surface area contributed by atoms with E-state index >= 15 is 0 Å². The zero-order valence-corrected chi connectivity index (χ0v) is 23.1. The van der Waals surface area contributed by atoms with Gasteiger partial charge in [0.25, 0.3) is 0 Å². The molecule has 4 amide bonds. The summed E-state index contributed by atoms with van der Waals surface area (Å²) in [5.74, 6) is -5.59. The lowest BCUT2D eigenvalue weighted by Gasteiger charge is -2.25. The van der Waals surface area contributed by atoms with Crippen molar-refractivity contribution in [3.8, 4) is 0 Å². The predicted molar refractivity (Wildman–Crippen MR) is 152 cm³/mol. The molecule has 1 heterocycles. The second-order valence-corrected chi connectivity index (χ2v) is 9.91. The number of benzene rings is 1. The van der Waals surface area contributed by atoms with Crippen LogP contribution in [-0.2, 0) is 35.2 Å². The molecule has 0 aliphatic carbocycles. The number of carboxylic acid groups (broad SMARTS) is 2. The van der Waals surface area contributed by atoms with E-state index in [2.05, 4.69) is 20.9 Å². The van der Waals surface area contributed by atoms with Gasteiger partial charge in [-0.1, -0.05) is 18.2 Å². The molecular weight excluding hydrogens is 550 g/mol. The number of amides is 4. The second-order valence-electron chi connectivity index (χ2n) is 9.91. The van der Waals surface area contributed by atoms with Crippen molar-refractivity contribution in [1.29, 1.82) is 0 Å². The maximum Gasteiger partial charge on any atom is 0.326 e. The number of para-hydroxylation sites is 1. The molecule has 1 aromatic carbocycles. The van der Waals surface area contributed by atoms with Crippen LogP contribution in [0.15, 0.2) is 30.5 Å². The van der Waals surface area contributed by atoms with Crippen molar-refractivity contribution in [3.63, 3.8) is 0 Å². The average molecular weight is 590 g/mol. The number of hydrogen-bond acceptors (Lipinski definition) is 8. The minimum absolute atomic E-state index is 0.0364. The summed E-state index contributed by atoms with van der Waals surface area (Å²) in [6.07, 6.45) is 1.68. The average Bonchev–Trinajstić information content (AvgIpc) is 3.35. The van der Waals surface area contributed by atoms with Gasteiger partial charge in [0.2, 0.25) is 23.6 Å². The van der Waals surface area contributed by atoms with E-state index in [-0.39, 0.29) is 38.5 Å². The Hall–Kier alpha value is -4.50. The summed E-state index contributed by atoms with van der Waals surface area (Å²) in [6, 6.07) is 2.16. The lowest BCUT2D eigenvalue weighted by Crippen LogP contribution is -2.57. The first-order valence-corrected chi connectivity index (χ1v) is 13.6. The third-order valence-electron chi connectivity index (χ3n) is 6.61. The van der Waals surface area contributed by atoms with Gasteiger partial charge in [-0.25, -0.2) is 4.79 Å². The van der Waals surface area contributed by atoms with Crippen LogP contribution in [0.1, 0.15) is 50.5 Å². The monoisotopic (exact) mass is 589 g/mol. The highest BCUT2D eigenvalue weighted by Gasteiger charge is 2.31. The number of nitrogens with one attached hydrogen (secondary N) is 4. The Morgan fingerprint density at radius 1 is 0.810 bits per heavy atom. The van der Waals surface area contributed by atoms with E-state index in [0.717, 1.165) is 10.9 Å². The van der Waals surface area contributed by atoms with Crippen LogP contribution in [-0.4, -0.2) is 81.5 Å². The number of carbonyl (C=O) groups is 6. The topological polar surface area (TPSA) is 273 Å². The molecule has 42 heavy (non-hydrogen) atoms. The Morgan fingerprint density at radius 2 is 1.45 bits per heavy atom. The van der Waals surface area contributed by atoms with Gasteiger partial charge in [-0.2, -0.15) is 0 Å². The summed E-state index contributed by atoms with van der Waals surface area (Å²) in [5.41, 5.74) is 17.9. The number of unbranched alkanes of at least 4 members (excludes halogenated alkanes) is 1. The van der Waals surface area contributed by atoms with Crippen LogP contribution >= 0.6 is 0 Å². The number of aromatic nitrogens is 1. The van der Waals surface area contributed by atoms with Gasteiger partial charge in [-0.05, 0) is 50.3 Å². The van der Waals surface area contributed by atoms with E-state index in [1.165, 1.54) is 0 Å². The van der Waals surface area contributed by atoms with Crippen molar-refractivity contribution in [2.45, 2.75) is 75.5 Å². The van der Waals surface area contributed by atoms with E-state index < -0.39 is 59.7 Å². The molecule has 0 spiro atoms. The Kier molecular flexibility index (Phi) is 13.4. The van der Waals surface area contributed by atoms with Gasteiger partial charge in [-0.15, -0.1) is 0 Å². The number of hydrogen-bond donors (Lipinski definition) is 9. The molecule has 2 aromatic rings. The third-order valence-corrected chi connectivity index (χ3v) is 6.61. The lowest BCUT2D eigenvalue weighted by atomic mass is 10.0. The maximum atomic E-state index is 13.4. The largest absolute Gasteiger partial charge is 0.481 e. The summed E-state index contributed by atoms with van der Waals surface area (Å²) in [5, 5.41) is 26.7. The molecule has 0 saturated heterocycles. The fourth-order valence-corrected chi connectivity index (χ4v) is 4.27. The Morgan fingerprint density at radius 3 is 2.10 bits per heavy atom. The molecule has 0 aliphatic heterocycles. The summed E-state index contributed by atoms with van der Waals surface area (Å²) >= 11 is 0. The SMILES string of the molecule is NCCCCC(NC(=O)C(Cc1c[nH]c2ccccc12)NC(=O)C(CCC(N)=O)NC(=O)C(N)CCC(=O)O)C(=O)O. The number of carbonyl (C=O) groups excluding carboxylic acids is 4. The smallest absolute Gasteiger partial charge is 0.326 e. The first kappa shape index (κ1) is 33.7. The van der Waals surface area contributed by atoms with Crippen LogP contribution in [0.2, 0.25) is 0 Å². The van der Waals surface area contributed by atoms with Crippen molar-refractivity contribution in [2.24, 2.45) is 17.2 Å². The molecule has 0 bridgehead atoms. The highest BCUT2D eigenvalue weighted by molar-refractivity contribution is 5.95. The molecule has 0 fully saturated rings. The van der Waals surface area contributed by atoms with Gasteiger partial charge in [0.05, 0.1) is 6.04 Å². The Balaban J connectivity index is 2.30. The fourth-order valence-electron chi connectivity index (χ4n) is 4.27. The summed E-state index contributed by atoms with van der Waals surface area (Å²) < 4.78 is 0. The number of rotatable bonds is 19. The Labute approximate surface area is 241 Å². The zero-order chi connectivity index (χ0) is 31.2. The number of carboxylic acids is 2. The molecule has 12 N–H and O–H groups in total. The third kappa shape index (κ3) is 10.8. The summed E-state index contributed by atoms with van der Waals surface area (Å²) in [6.45, 7) is 0.359. The lowest BCUT2D eigenvalue weighted by molar-refractivity contribution is -0.142. The second kappa shape index (κ2) is 16.7. The normalized spacial score (nSPS) is 13.9. The van der Waals surface area contributed by atoms with Crippen molar-refractivity contribution < 1.29 is 39.0 Å². The minimum Gasteiger partial charge on any atom is -0.481 e. The van der Waals surface area contributed by atoms with E-state index in [0.29, 0.717) is 24.9 Å². The number of nitrogens with two attached hydrogens (primary N) is 3. The fraction of sp³-hybridized carbons (Fsp3) is 0.481. The van der Waals surface area contributed by atoms with Crippen LogP contribution in [0.25, 0.3) is 10.9 Å². The number of fused-ring (bicyclic) bond motifs is 1. The van der Waals surface area contributed by atoms with Gasteiger partial charge in [0.1, 0.15) is 18.1 Å². The number of aliphatic carboxylic acids is 2. The van der Waals surface area contributed by atoms with Gasteiger partial charge in [0.15, 0.2) is 0 Å². The molecule has 2 rings (SSSR count). The first-order chi connectivity index (χ1) is 19.9. The molecule has 0 saturated carbocycles. The molecule has 1 aromatic heterocycles. The summed E-state index contributed by atoms with van der Waals surface area (Å²) in [4.78, 5) is 76.6. The summed E-state index contributed by atoms with van der Waals surface area (Å²) in [7, 11) is 0. The highest BCUT2D eigenvalue weighted by Crippen LogP contribution is 2.19. The van der Waals surface area contributed by atoms with Crippen molar-refractivity contribution in [2.75, 3.05) is 6.54 Å². The maximum absolute atomic E-state index is 13.4. The van der Waals surface area contributed by atoms with E-state index in [1.807, 2.05) is 18.2 Å². The molecule has 0 aliphatic rings. The Bertz CT molecular complexity index is 1260. The van der Waals surface area contributed by atoms with Gasteiger partial charge < -0.3 is 48.3 Å². The molecule has 15 nitrogen and oxygen atoms in total. The molecular formula is C27H39N7O8. The van der Waals surface area contributed by atoms with Crippen molar-refractivity contribution >= 4 is 46.5 Å². The first-order valence-electron chi connectivity index (χ1n) is 13.6. The highest BCUT2D eigenvalue weighted by atomic mass is 16.4. The van der Waals surface area contributed by atoms with Gasteiger partial charge >= 0.3 is 11.9 Å². The van der Waals surface area contributed by atoms with E-state index in [1.54, 1.807) is 12.3 Å². The van der Waals surface area contributed by atoms with E-state index in [9.17, 15) is 33.9 Å². The van der Waals surface area contributed by atoms with Crippen LogP contribution in [0.3, 0.4) is 0 Å². The van der Waals surface area contributed by atoms with Crippen LogP contribution < -0.4 is 33.2 Å². The molecule has 15 heteroatoms. The zero-order valence-electron chi connectivity index (χ0n) is 23.1. The van der Waals surface area contributed by atoms with E-state index in [4.69, 9.17) is 22.3 Å². The standard InChI is InChI=1S/C27H39N7O8/c28-12-4-3-7-20(27(41)42)33-26(40)21(13-15-14-31-18-6-2-1-5-16(15)18)34-25(39)19(9-10-22(30)35)32-24(38)17(29)8-11-23(36)37/h1-2,5-6,14,17,19-21,31H,3-4,7-13,28-29H2,(H2,30,35)(H,32,38)(H,33,40)(H,34,39)(H,36,37)(H,41,42). The predicted octanol–water partition coefficient (Wildman–Crippen LogP) is -1.16. The molecule has 230 valence electrons.